The second kappa shape index (κ2) is 16.8. The highest BCUT2D eigenvalue weighted by atomic mass is 32.2. The molecule has 0 aliphatic carbocycles. The number of hydrogen-bond acceptors (Lipinski definition) is 5. The average molecular weight is 500 g/mol. The van der Waals surface area contributed by atoms with Crippen molar-refractivity contribution >= 4 is 16.2 Å². The van der Waals surface area contributed by atoms with Crippen molar-refractivity contribution in [2.45, 2.75) is 104 Å². The molecule has 1 rings (SSSR count). The van der Waals surface area contributed by atoms with Crippen molar-refractivity contribution in [3.8, 4) is 5.75 Å². The lowest BCUT2D eigenvalue weighted by atomic mass is 9.94. The Labute approximate surface area is 206 Å². The fourth-order valence-corrected chi connectivity index (χ4v) is 4.61. The maximum atomic E-state index is 12.4. The van der Waals surface area contributed by atoms with Crippen LogP contribution < -0.4 is 10.1 Å². The maximum absolute atomic E-state index is 12.4. The molecule has 0 aliphatic rings. The molecule has 0 fully saturated rings. The van der Waals surface area contributed by atoms with Gasteiger partial charge in [0.2, 0.25) is 0 Å². The van der Waals surface area contributed by atoms with Crippen LogP contribution in [0.25, 0.3) is 0 Å². The highest BCUT2D eigenvalue weighted by Crippen LogP contribution is 2.32. The lowest BCUT2D eigenvalue weighted by Crippen LogP contribution is -2.28. The van der Waals surface area contributed by atoms with Gasteiger partial charge in [-0.1, -0.05) is 70.8 Å². The van der Waals surface area contributed by atoms with E-state index in [1.54, 1.807) is 7.11 Å². The molecule has 34 heavy (non-hydrogen) atoms. The van der Waals surface area contributed by atoms with E-state index in [1.165, 1.54) is 51.4 Å². The van der Waals surface area contributed by atoms with E-state index in [9.17, 15) is 13.2 Å². The van der Waals surface area contributed by atoms with Gasteiger partial charge in [-0.05, 0) is 55.9 Å². The molecule has 196 valence electrons. The molecule has 1 unspecified atom stereocenters. The number of ether oxygens (including phenoxy) is 2. The molecule has 0 heterocycles. The first kappa shape index (κ1) is 30.2. The van der Waals surface area contributed by atoms with Crippen molar-refractivity contribution in [3.05, 3.63) is 28.8 Å². The summed E-state index contributed by atoms with van der Waals surface area (Å²) in [5.41, 5.74) is 3.02. The molecule has 2 N–H and O–H groups in total. The number of hydrogen-bond donors (Lipinski definition) is 2. The predicted molar refractivity (Wildman–Crippen MR) is 137 cm³/mol. The first-order valence-corrected chi connectivity index (χ1v) is 14.3. The minimum Gasteiger partial charge on any atom is -0.496 e. The summed E-state index contributed by atoms with van der Waals surface area (Å²) in [4.78, 5) is 12.4. The molecule has 1 atom stereocenters. The number of amides is 1. The lowest BCUT2D eigenvalue weighted by Gasteiger charge is -2.22. The minimum absolute atomic E-state index is 0.115. The topological polar surface area (TPSA) is 102 Å². The lowest BCUT2D eigenvalue weighted by molar-refractivity contribution is 0.0904. The minimum atomic E-state index is -4.04. The Morgan fingerprint density at radius 2 is 1.53 bits per heavy atom. The molecule has 1 aromatic carbocycles. The highest BCUT2D eigenvalue weighted by molar-refractivity contribution is 7.85. The summed E-state index contributed by atoms with van der Waals surface area (Å²) < 4.78 is 41.7. The third-order valence-corrected chi connectivity index (χ3v) is 7.07. The molecule has 1 aromatic rings. The summed E-state index contributed by atoms with van der Waals surface area (Å²) in [6.45, 7) is 6.35. The number of carbonyl (C=O) groups excluding carboxylic acids is 1. The van der Waals surface area contributed by atoms with Crippen LogP contribution in [0.4, 0.5) is 4.79 Å². The Balaban J connectivity index is 2.60. The van der Waals surface area contributed by atoms with Crippen LogP contribution in [0.3, 0.4) is 0 Å². The number of methoxy groups -OCH3 is 1. The standard InChI is InChI=1S/C26H45NO6S/c1-5-6-7-8-9-10-11-12-13-14-16-25(23-17-18-24(32-4)22(3)21(23)2)33-26(28)27-19-15-20-34(29,30)31/h17-18,25H,5-16,19-20H2,1-4H3,(H,27,28)(H,29,30,31). The van der Waals surface area contributed by atoms with Crippen molar-refractivity contribution in [3.63, 3.8) is 0 Å². The van der Waals surface area contributed by atoms with Gasteiger partial charge in [-0.2, -0.15) is 8.42 Å². The molecule has 0 saturated heterocycles. The van der Waals surface area contributed by atoms with Crippen LogP contribution in [0.1, 0.15) is 107 Å². The van der Waals surface area contributed by atoms with Gasteiger partial charge < -0.3 is 14.8 Å². The van der Waals surface area contributed by atoms with Gasteiger partial charge >= 0.3 is 6.09 Å². The number of unbranched alkanes of at least 4 members (excludes halogenated alkanes) is 9. The second-order valence-corrected chi connectivity index (χ2v) is 10.6. The molecule has 0 aliphatic heterocycles. The van der Waals surface area contributed by atoms with Gasteiger partial charge in [0.15, 0.2) is 0 Å². The molecular weight excluding hydrogens is 454 g/mol. The van der Waals surface area contributed by atoms with E-state index in [0.29, 0.717) is 0 Å². The molecule has 0 saturated carbocycles. The van der Waals surface area contributed by atoms with E-state index in [1.807, 2.05) is 26.0 Å². The van der Waals surface area contributed by atoms with Crippen molar-refractivity contribution in [2.24, 2.45) is 0 Å². The van der Waals surface area contributed by atoms with Crippen molar-refractivity contribution in [1.29, 1.82) is 0 Å². The zero-order valence-electron chi connectivity index (χ0n) is 21.5. The van der Waals surface area contributed by atoms with Crippen LogP contribution in [-0.4, -0.2) is 38.5 Å². The molecular formula is C26H45NO6S. The Kier molecular flexibility index (Phi) is 14.9. The number of nitrogens with one attached hydrogen (secondary N) is 1. The van der Waals surface area contributed by atoms with E-state index in [4.69, 9.17) is 14.0 Å². The summed E-state index contributed by atoms with van der Waals surface area (Å²) >= 11 is 0. The van der Waals surface area contributed by atoms with Gasteiger partial charge in [0, 0.05) is 6.54 Å². The van der Waals surface area contributed by atoms with Crippen LogP contribution in [0.15, 0.2) is 12.1 Å². The van der Waals surface area contributed by atoms with E-state index >= 15 is 0 Å². The molecule has 7 nitrogen and oxygen atoms in total. The monoisotopic (exact) mass is 499 g/mol. The van der Waals surface area contributed by atoms with Crippen molar-refractivity contribution in [2.75, 3.05) is 19.4 Å². The van der Waals surface area contributed by atoms with E-state index in [-0.39, 0.29) is 19.1 Å². The third-order valence-electron chi connectivity index (χ3n) is 6.26. The summed E-state index contributed by atoms with van der Waals surface area (Å²) in [7, 11) is -2.40. The van der Waals surface area contributed by atoms with E-state index in [0.717, 1.165) is 41.7 Å². The van der Waals surface area contributed by atoms with Gasteiger partial charge in [-0.25, -0.2) is 4.79 Å². The molecule has 0 spiro atoms. The Morgan fingerprint density at radius 1 is 0.941 bits per heavy atom. The summed E-state index contributed by atoms with van der Waals surface area (Å²) in [6.07, 6.45) is 12.2. The van der Waals surface area contributed by atoms with Crippen LogP contribution in [0.2, 0.25) is 0 Å². The van der Waals surface area contributed by atoms with Gasteiger partial charge in [-0.3, -0.25) is 4.55 Å². The van der Waals surface area contributed by atoms with E-state index < -0.39 is 22.0 Å². The fourth-order valence-electron chi connectivity index (χ4n) is 4.10. The average Bonchev–Trinajstić information content (AvgIpc) is 2.78. The molecule has 0 radical (unpaired) electrons. The first-order valence-electron chi connectivity index (χ1n) is 12.7. The van der Waals surface area contributed by atoms with Crippen LogP contribution in [0.5, 0.6) is 5.75 Å². The Hall–Kier alpha value is -1.80. The zero-order valence-corrected chi connectivity index (χ0v) is 22.3. The van der Waals surface area contributed by atoms with Crippen LogP contribution >= 0.6 is 0 Å². The fraction of sp³-hybridized carbons (Fsp3) is 0.731. The van der Waals surface area contributed by atoms with Gasteiger partial charge in [-0.15, -0.1) is 0 Å². The Morgan fingerprint density at radius 3 is 2.09 bits per heavy atom. The number of rotatable bonds is 18. The quantitative estimate of drug-likeness (QED) is 0.173. The Bertz CT molecular complexity index is 825. The summed E-state index contributed by atoms with van der Waals surface area (Å²) in [5, 5.41) is 2.59. The van der Waals surface area contributed by atoms with Gasteiger partial charge in [0.1, 0.15) is 11.9 Å². The summed E-state index contributed by atoms with van der Waals surface area (Å²) in [6, 6.07) is 3.85. The first-order chi connectivity index (χ1) is 16.2. The smallest absolute Gasteiger partial charge is 0.407 e. The van der Waals surface area contributed by atoms with E-state index in [2.05, 4.69) is 12.2 Å². The second-order valence-electron chi connectivity index (χ2n) is 9.04. The van der Waals surface area contributed by atoms with Crippen molar-refractivity contribution in [1.82, 2.24) is 5.32 Å². The highest BCUT2D eigenvalue weighted by Gasteiger charge is 2.20. The predicted octanol–water partition coefficient (Wildman–Crippen LogP) is 6.67. The summed E-state index contributed by atoms with van der Waals surface area (Å²) in [5.74, 6) is 0.403. The molecule has 1 amide bonds. The third kappa shape index (κ3) is 12.6. The van der Waals surface area contributed by atoms with Crippen LogP contribution in [0, 0.1) is 13.8 Å². The van der Waals surface area contributed by atoms with Gasteiger partial charge in [0.25, 0.3) is 10.1 Å². The van der Waals surface area contributed by atoms with Crippen molar-refractivity contribution < 1.29 is 27.2 Å². The largest absolute Gasteiger partial charge is 0.496 e. The van der Waals surface area contributed by atoms with Crippen LogP contribution in [-0.2, 0) is 14.9 Å². The molecule has 0 bridgehead atoms. The SMILES string of the molecule is CCCCCCCCCCCCC(OC(=O)NCCCS(=O)(=O)O)c1ccc(OC)c(C)c1C. The zero-order chi connectivity index (χ0) is 25.4. The number of carbonyl (C=O) groups is 1. The maximum Gasteiger partial charge on any atom is 0.407 e. The number of alkyl carbamates (subject to hydrolysis) is 1. The normalized spacial score (nSPS) is 12.4. The molecule has 0 aromatic heterocycles. The van der Waals surface area contributed by atoms with Gasteiger partial charge in [0.05, 0.1) is 12.9 Å². The molecule has 8 heteroatoms. The number of benzene rings is 1.